The lowest BCUT2D eigenvalue weighted by atomic mass is 10.2. The number of esters is 3. The average Bonchev–Trinajstić information content (AvgIpc) is 2.71. The molecule has 0 amide bonds. The van der Waals surface area contributed by atoms with E-state index in [0.29, 0.717) is 11.3 Å². The van der Waals surface area contributed by atoms with Gasteiger partial charge in [-0.05, 0) is 55.5 Å². The predicted octanol–water partition coefficient (Wildman–Crippen LogP) is 3.19. The van der Waals surface area contributed by atoms with Crippen molar-refractivity contribution in [2.45, 2.75) is 6.92 Å². The van der Waals surface area contributed by atoms with Crippen LogP contribution in [0.15, 0.2) is 60.7 Å². The molecule has 2 aromatic rings. The van der Waals surface area contributed by atoms with E-state index in [4.69, 9.17) is 18.9 Å². The Morgan fingerprint density at radius 3 is 1.82 bits per heavy atom. The quantitative estimate of drug-likeness (QED) is 0.299. The number of hydrogen-bond donors (Lipinski definition) is 0. The number of rotatable bonds is 8. The second kappa shape index (κ2) is 9.91. The highest BCUT2D eigenvalue weighted by Gasteiger charge is 2.11. The third-order valence-electron chi connectivity index (χ3n) is 3.52. The first kappa shape index (κ1) is 20.7. The Morgan fingerprint density at radius 2 is 1.29 bits per heavy atom. The summed E-state index contributed by atoms with van der Waals surface area (Å²) in [5.41, 5.74) is 0.912. The van der Waals surface area contributed by atoms with Gasteiger partial charge in [-0.25, -0.2) is 14.4 Å². The van der Waals surface area contributed by atoms with E-state index in [1.165, 1.54) is 38.3 Å². The summed E-state index contributed by atoms with van der Waals surface area (Å²) >= 11 is 0. The van der Waals surface area contributed by atoms with Crippen LogP contribution in [0.25, 0.3) is 0 Å². The van der Waals surface area contributed by atoms with Gasteiger partial charge in [0.2, 0.25) is 0 Å². The van der Waals surface area contributed by atoms with Crippen molar-refractivity contribution >= 4 is 17.9 Å². The van der Waals surface area contributed by atoms with Crippen LogP contribution in [-0.2, 0) is 14.3 Å². The van der Waals surface area contributed by atoms with Gasteiger partial charge in [-0.3, -0.25) is 0 Å². The van der Waals surface area contributed by atoms with Gasteiger partial charge < -0.3 is 18.9 Å². The van der Waals surface area contributed by atoms with Crippen molar-refractivity contribution < 1.29 is 33.3 Å². The van der Waals surface area contributed by atoms with Crippen molar-refractivity contribution in [3.63, 3.8) is 0 Å². The molecule has 7 heteroatoms. The SMILES string of the molecule is C=C(C)C(=O)OCCOC(=O)c1ccc(OC(=O)c2ccc(OC)cc2)cc1. The van der Waals surface area contributed by atoms with Crippen LogP contribution in [-0.4, -0.2) is 38.2 Å². The summed E-state index contributed by atoms with van der Waals surface area (Å²) in [6.07, 6.45) is 0. The average molecular weight is 384 g/mol. The maximum absolute atomic E-state index is 12.1. The van der Waals surface area contributed by atoms with Crippen molar-refractivity contribution in [1.29, 1.82) is 0 Å². The summed E-state index contributed by atoms with van der Waals surface area (Å²) in [7, 11) is 1.54. The molecule has 0 aromatic heterocycles. The molecule has 0 saturated heterocycles. The van der Waals surface area contributed by atoms with Gasteiger partial charge in [0.05, 0.1) is 18.2 Å². The third-order valence-corrected chi connectivity index (χ3v) is 3.52. The second-order valence-corrected chi connectivity index (χ2v) is 5.69. The highest BCUT2D eigenvalue weighted by Crippen LogP contribution is 2.17. The minimum absolute atomic E-state index is 0.0605. The molecule has 0 radical (unpaired) electrons. The smallest absolute Gasteiger partial charge is 0.343 e. The van der Waals surface area contributed by atoms with Gasteiger partial charge in [-0.1, -0.05) is 6.58 Å². The Morgan fingerprint density at radius 1 is 0.786 bits per heavy atom. The molecule has 0 saturated carbocycles. The van der Waals surface area contributed by atoms with Crippen LogP contribution in [0.3, 0.4) is 0 Å². The number of benzene rings is 2. The Balaban J connectivity index is 1.84. The van der Waals surface area contributed by atoms with Crippen molar-refractivity contribution in [2.75, 3.05) is 20.3 Å². The normalized spacial score (nSPS) is 9.93. The largest absolute Gasteiger partial charge is 0.497 e. The van der Waals surface area contributed by atoms with Crippen LogP contribution < -0.4 is 9.47 Å². The molecule has 0 unspecified atom stereocenters. The lowest BCUT2D eigenvalue weighted by Gasteiger charge is -2.08. The molecule has 0 fully saturated rings. The molecule has 0 heterocycles. The molecular weight excluding hydrogens is 364 g/mol. The van der Waals surface area contributed by atoms with Crippen LogP contribution >= 0.6 is 0 Å². The van der Waals surface area contributed by atoms with Gasteiger partial charge in [0.15, 0.2) is 0 Å². The van der Waals surface area contributed by atoms with Crippen LogP contribution in [0, 0.1) is 0 Å². The highest BCUT2D eigenvalue weighted by atomic mass is 16.6. The Hall–Kier alpha value is -3.61. The van der Waals surface area contributed by atoms with Crippen LogP contribution in [0.5, 0.6) is 11.5 Å². The summed E-state index contributed by atoms with van der Waals surface area (Å²) < 4.78 is 20.1. The van der Waals surface area contributed by atoms with E-state index in [1.54, 1.807) is 24.3 Å². The number of methoxy groups -OCH3 is 1. The van der Waals surface area contributed by atoms with Gasteiger partial charge in [0.1, 0.15) is 24.7 Å². The maximum atomic E-state index is 12.1. The predicted molar refractivity (Wildman–Crippen MR) is 100 cm³/mol. The molecule has 0 aliphatic rings. The molecule has 0 aliphatic heterocycles. The Labute approximate surface area is 162 Å². The van der Waals surface area contributed by atoms with Crippen molar-refractivity contribution in [2.24, 2.45) is 0 Å². The van der Waals surface area contributed by atoms with Gasteiger partial charge in [-0.2, -0.15) is 0 Å². The van der Waals surface area contributed by atoms with E-state index >= 15 is 0 Å². The summed E-state index contributed by atoms with van der Waals surface area (Å²) in [6.45, 7) is 4.84. The zero-order valence-corrected chi connectivity index (χ0v) is 15.6. The fraction of sp³-hybridized carbons (Fsp3) is 0.190. The maximum Gasteiger partial charge on any atom is 0.343 e. The first-order chi connectivity index (χ1) is 13.4. The molecule has 0 aliphatic carbocycles. The Bertz CT molecular complexity index is 851. The zero-order valence-electron chi connectivity index (χ0n) is 15.6. The fourth-order valence-corrected chi connectivity index (χ4v) is 2.03. The molecule has 0 bridgehead atoms. The third kappa shape index (κ3) is 5.98. The molecule has 28 heavy (non-hydrogen) atoms. The number of carbonyl (C=O) groups excluding carboxylic acids is 3. The van der Waals surface area contributed by atoms with Crippen molar-refractivity contribution in [1.82, 2.24) is 0 Å². The van der Waals surface area contributed by atoms with E-state index in [9.17, 15) is 14.4 Å². The number of ether oxygens (including phenoxy) is 4. The van der Waals surface area contributed by atoms with E-state index in [1.807, 2.05) is 0 Å². The molecule has 2 aromatic carbocycles. The van der Waals surface area contributed by atoms with E-state index in [-0.39, 0.29) is 30.1 Å². The summed E-state index contributed by atoms with van der Waals surface area (Å²) in [6, 6.07) is 12.4. The minimum Gasteiger partial charge on any atom is -0.497 e. The van der Waals surface area contributed by atoms with Crippen molar-refractivity contribution in [3.05, 3.63) is 71.8 Å². The van der Waals surface area contributed by atoms with Crippen LogP contribution in [0.4, 0.5) is 0 Å². The first-order valence-corrected chi connectivity index (χ1v) is 8.36. The zero-order chi connectivity index (χ0) is 20.5. The molecule has 0 spiro atoms. The van der Waals surface area contributed by atoms with Gasteiger partial charge in [0.25, 0.3) is 0 Å². The molecule has 7 nitrogen and oxygen atoms in total. The molecule has 146 valence electrons. The lowest BCUT2D eigenvalue weighted by molar-refractivity contribution is -0.140. The summed E-state index contributed by atoms with van der Waals surface area (Å²) in [5, 5.41) is 0. The second-order valence-electron chi connectivity index (χ2n) is 5.69. The van der Waals surface area contributed by atoms with Gasteiger partial charge in [-0.15, -0.1) is 0 Å². The number of carbonyl (C=O) groups is 3. The monoisotopic (exact) mass is 384 g/mol. The van der Waals surface area contributed by atoms with E-state index in [0.717, 1.165) is 0 Å². The lowest BCUT2D eigenvalue weighted by Crippen LogP contribution is -2.14. The molecule has 0 atom stereocenters. The molecule has 0 N–H and O–H groups in total. The number of hydrogen-bond acceptors (Lipinski definition) is 7. The van der Waals surface area contributed by atoms with Crippen LogP contribution in [0.2, 0.25) is 0 Å². The topological polar surface area (TPSA) is 88.1 Å². The minimum atomic E-state index is -0.584. The summed E-state index contributed by atoms with van der Waals surface area (Å²) in [5.74, 6) is -0.739. The van der Waals surface area contributed by atoms with Crippen molar-refractivity contribution in [3.8, 4) is 11.5 Å². The Kier molecular flexibility index (Phi) is 7.33. The van der Waals surface area contributed by atoms with Gasteiger partial charge >= 0.3 is 17.9 Å². The highest BCUT2D eigenvalue weighted by molar-refractivity contribution is 5.92. The first-order valence-electron chi connectivity index (χ1n) is 8.36. The molecule has 2 rings (SSSR count). The van der Waals surface area contributed by atoms with Crippen LogP contribution in [0.1, 0.15) is 27.6 Å². The van der Waals surface area contributed by atoms with E-state index in [2.05, 4.69) is 6.58 Å². The summed E-state index contributed by atoms with van der Waals surface area (Å²) in [4.78, 5) is 35.3. The van der Waals surface area contributed by atoms with Gasteiger partial charge in [0, 0.05) is 5.57 Å². The fourth-order valence-electron chi connectivity index (χ4n) is 2.03. The molecular formula is C21H20O7. The standard InChI is InChI=1S/C21H20O7/c1-14(2)19(22)26-12-13-27-20(23)15-6-10-18(11-7-15)28-21(24)16-4-8-17(25-3)9-5-16/h4-11H,1,12-13H2,2-3H3. The van der Waals surface area contributed by atoms with E-state index < -0.39 is 17.9 Å².